The summed E-state index contributed by atoms with van der Waals surface area (Å²) in [5.41, 5.74) is 1.08. The third kappa shape index (κ3) is 2.71. The zero-order valence-electron chi connectivity index (χ0n) is 9.19. The van der Waals surface area contributed by atoms with Gasteiger partial charge in [-0.3, -0.25) is 4.68 Å². The maximum Gasteiger partial charge on any atom is 0.0830 e. The molecule has 1 heterocycles. The Morgan fingerprint density at radius 2 is 2.27 bits per heavy atom. The summed E-state index contributed by atoms with van der Waals surface area (Å²) in [6.45, 7) is 0. The summed E-state index contributed by atoms with van der Waals surface area (Å²) in [6.07, 6.45) is 8.42. The van der Waals surface area contributed by atoms with Crippen molar-refractivity contribution in [2.24, 2.45) is 18.9 Å². The van der Waals surface area contributed by atoms with Gasteiger partial charge in [0.1, 0.15) is 0 Å². The minimum Gasteiger partial charge on any atom is -0.255 e. The summed E-state index contributed by atoms with van der Waals surface area (Å²) in [5.74, 6) is 2.15. The van der Waals surface area contributed by atoms with Gasteiger partial charge in [0.2, 0.25) is 0 Å². The second-order valence-corrected chi connectivity index (χ2v) is 4.86. The van der Waals surface area contributed by atoms with Crippen LogP contribution in [-0.4, -0.2) is 20.9 Å². The van der Waals surface area contributed by atoms with Gasteiger partial charge in [0, 0.05) is 19.1 Å². The first-order valence-electron chi connectivity index (χ1n) is 5.70. The molecule has 1 unspecified atom stereocenters. The van der Waals surface area contributed by atoms with Crippen LogP contribution < -0.4 is 0 Å². The van der Waals surface area contributed by atoms with Gasteiger partial charge in [-0.2, -0.15) is 0 Å². The highest BCUT2D eigenvalue weighted by atomic mass is 35.5. The number of hydrogen-bond donors (Lipinski definition) is 0. The van der Waals surface area contributed by atoms with Crippen LogP contribution in [0.3, 0.4) is 0 Å². The second kappa shape index (κ2) is 4.97. The fourth-order valence-electron chi connectivity index (χ4n) is 2.53. The molecule has 0 amide bonds. The quantitative estimate of drug-likeness (QED) is 0.740. The SMILES string of the molecule is Cn1cc(CC(CCl)C2CCCC2)nn1. The number of hydrogen-bond acceptors (Lipinski definition) is 2. The Hall–Kier alpha value is -0.570. The van der Waals surface area contributed by atoms with E-state index >= 15 is 0 Å². The molecule has 3 nitrogen and oxygen atoms in total. The van der Waals surface area contributed by atoms with Crippen LogP contribution in [0.15, 0.2) is 6.20 Å². The van der Waals surface area contributed by atoms with Gasteiger partial charge in [-0.15, -0.1) is 16.7 Å². The van der Waals surface area contributed by atoms with Crippen LogP contribution >= 0.6 is 11.6 Å². The van der Waals surface area contributed by atoms with E-state index in [4.69, 9.17) is 11.6 Å². The monoisotopic (exact) mass is 227 g/mol. The van der Waals surface area contributed by atoms with E-state index < -0.39 is 0 Å². The lowest BCUT2D eigenvalue weighted by molar-refractivity contribution is 0.366. The zero-order chi connectivity index (χ0) is 10.7. The maximum absolute atomic E-state index is 6.05. The van der Waals surface area contributed by atoms with Gasteiger partial charge in [-0.25, -0.2) is 0 Å². The first-order chi connectivity index (χ1) is 7.29. The fraction of sp³-hybridized carbons (Fsp3) is 0.818. The van der Waals surface area contributed by atoms with E-state index in [1.807, 2.05) is 13.2 Å². The summed E-state index contributed by atoms with van der Waals surface area (Å²) in [5, 5.41) is 8.08. The van der Waals surface area contributed by atoms with Gasteiger partial charge in [0.25, 0.3) is 0 Å². The van der Waals surface area contributed by atoms with E-state index in [9.17, 15) is 0 Å². The Morgan fingerprint density at radius 1 is 1.53 bits per heavy atom. The number of alkyl halides is 1. The van der Waals surface area contributed by atoms with E-state index in [0.717, 1.165) is 23.9 Å². The smallest absolute Gasteiger partial charge is 0.0830 e. The summed E-state index contributed by atoms with van der Waals surface area (Å²) in [6, 6.07) is 0. The van der Waals surface area contributed by atoms with Crippen LogP contribution in [0.25, 0.3) is 0 Å². The lowest BCUT2D eigenvalue weighted by Gasteiger charge is -2.19. The molecule has 1 aliphatic carbocycles. The summed E-state index contributed by atoms with van der Waals surface area (Å²) in [4.78, 5) is 0. The molecule has 0 aliphatic heterocycles. The van der Waals surface area contributed by atoms with Crippen molar-refractivity contribution in [1.29, 1.82) is 0 Å². The first kappa shape index (κ1) is 10.9. The van der Waals surface area contributed by atoms with Gasteiger partial charge in [0.15, 0.2) is 0 Å². The molecule has 1 fully saturated rings. The molecular formula is C11H18ClN3. The van der Waals surface area contributed by atoms with Crippen LogP contribution in [0.5, 0.6) is 0 Å². The first-order valence-corrected chi connectivity index (χ1v) is 6.24. The molecule has 4 heteroatoms. The highest BCUT2D eigenvalue weighted by Gasteiger charge is 2.25. The summed E-state index contributed by atoms with van der Waals surface area (Å²) < 4.78 is 1.76. The van der Waals surface area contributed by atoms with E-state index in [2.05, 4.69) is 10.3 Å². The zero-order valence-corrected chi connectivity index (χ0v) is 9.95. The van der Waals surface area contributed by atoms with Gasteiger partial charge in [-0.05, 0) is 18.3 Å². The molecule has 0 saturated heterocycles. The van der Waals surface area contributed by atoms with Crippen molar-refractivity contribution in [3.8, 4) is 0 Å². The van der Waals surface area contributed by atoms with Crippen LogP contribution in [0.1, 0.15) is 31.4 Å². The maximum atomic E-state index is 6.05. The van der Waals surface area contributed by atoms with Crippen molar-refractivity contribution in [1.82, 2.24) is 15.0 Å². The van der Waals surface area contributed by atoms with Crippen molar-refractivity contribution in [3.05, 3.63) is 11.9 Å². The summed E-state index contributed by atoms with van der Waals surface area (Å²) >= 11 is 6.05. The standard InChI is InChI=1S/C11H18ClN3/c1-15-8-11(13-14-15)6-10(7-12)9-4-2-3-5-9/h8-10H,2-7H2,1H3. The topological polar surface area (TPSA) is 30.7 Å². The second-order valence-electron chi connectivity index (χ2n) is 4.55. The molecule has 0 aromatic carbocycles. The Morgan fingerprint density at radius 3 is 2.80 bits per heavy atom. The molecule has 1 atom stereocenters. The molecule has 0 radical (unpaired) electrons. The average molecular weight is 228 g/mol. The lowest BCUT2D eigenvalue weighted by atomic mass is 9.89. The molecule has 0 spiro atoms. The normalized spacial score (nSPS) is 19.6. The van der Waals surface area contributed by atoms with Crippen molar-refractivity contribution in [3.63, 3.8) is 0 Å². The molecule has 2 rings (SSSR count). The summed E-state index contributed by atoms with van der Waals surface area (Å²) in [7, 11) is 1.90. The van der Waals surface area contributed by atoms with E-state index in [1.165, 1.54) is 25.7 Å². The van der Waals surface area contributed by atoms with Crippen LogP contribution in [0.4, 0.5) is 0 Å². The number of rotatable bonds is 4. The van der Waals surface area contributed by atoms with Crippen LogP contribution in [0.2, 0.25) is 0 Å². The Bertz CT molecular complexity index is 305. The van der Waals surface area contributed by atoms with E-state index in [0.29, 0.717) is 5.92 Å². The Balaban J connectivity index is 1.95. The predicted octanol–water partition coefficient (Wildman–Crippen LogP) is 2.40. The molecule has 84 valence electrons. The lowest BCUT2D eigenvalue weighted by Crippen LogP contribution is -2.16. The third-order valence-electron chi connectivity index (χ3n) is 3.39. The number of aromatic nitrogens is 3. The molecule has 0 bridgehead atoms. The fourth-order valence-corrected chi connectivity index (χ4v) is 2.89. The van der Waals surface area contributed by atoms with Crippen molar-refractivity contribution in [2.75, 3.05) is 5.88 Å². The average Bonchev–Trinajstić information content (AvgIpc) is 2.85. The number of nitrogens with zero attached hydrogens (tertiary/aromatic N) is 3. The predicted molar refractivity (Wildman–Crippen MR) is 60.9 cm³/mol. The highest BCUT2D eigenvalue weighted by molar-refractivity contribution is 6.18. The minimum atomic E-state index is 0.589. The molecule has 1 saturated carbocycles. The van der Waals surface area contributed by atoms with Gasteiger partial charge in [0.05, 0.1) is 5.69 Å². The molecule has 1 aromatic rings. The molecular weight excluding hydrogens is 210 g/mol. The van der Waals surface area contributed by atoms with Crippen LogP contribution in [0, 0.1) is 11.8 Å². The third-order valence-corrected chi connectivity index (χ3v) is 3.78. The molecule has 15 heavy (non-hydrogen) atoms. The number of aryl methyl sites for hydroxylation is 1. The van der Waals surface area contributed by atoms with E-state index in [-0.39, 0.29) is 0 Å². The minimum absolute atomic E-state index is 0.589. The van der Waals surface area contributed by atoms with Gasteiger partial charge >= 0.3 is 0 Å². The van der Waals surface area contributed by atoms with Crippen molar-refractivity contribution in [2.45, 2.75) is 32.1 Å². The Kier molecular flexibility index (Phi) is 3.62. The molecule has 1 aromatic heterocycles. The van der Waals surface area contributed by atoms with Crippen molar-refractivity contribution < 1.29 is 0 Å². The van der Waals surface area contributed by atoms with Crippen LogP contribution in [-0.2, 0) is 13.5 Å². The Labute approximate surface area is 95.8 Å². The number of halogens is 1. The van der Waals surface area contributed by atoms with Crippen molar-refractivity contribution >= 4 is 11.6 Å². The molecule has 0 N–H and O–H groups in total. The molecule has 1 aliphatic rings. The largest absolute Gasteiger partial charge is 0.255 e. The van der Waals surface area contributed by atoms with Gasteiger partial charge in [-0.1, -0.05) is 30.9 Å². The van der Waals surface area contributed by atoms with E-state index in [1.54, 1.807) is 4.68 Å². The highest BCUT2D eigenvalue weighted by Crippen LogP contribution is 2.33. The van der Waals surface area contributed by atoms with Gasteiger partial charge < -0.3 is 0 Å².